The highest BCUT2D eigenvalue weighted by Gasteiger charge is 2.14. The molecule has 0 atom stereocenters. The summed E-state index contributed by atoms with van der Waals surface area (Å²) in [7, 11) is -1.63. The van der Waals surface area contributed by atoms with Crippen LogP contribution in [0.5, 0.6) is 0 Å². The van der Waals surface area contributed by atoms with Gasteiger partial charge in [-0.05, 0) is 35.6 Å². The minimum Gasteiger partial charge on any atom is -0.423 e. The molecular weight excluding hydrogens is 232 g/mol. The predicted octanol–water partition coefficient (Wildman–Crippen LogP) is 0.983. The molecule has 0 fully saturated rings. The maximum Gasteiger partial charge on any atom is 0.488 e. The van der Waals surface area contributed by atoms with Crippen molar-refractivity contribution in [3.05, 3.63) is 29.6 Å². The van der Waals surface area contributed by atoms with E-state index < -0.39 is 12.9 Å². The number of rotatable bonds is 6. The minimum atomic E-state index is -1.63. The molecular formula is C13H21BFNO2. The van der Waals surface area contributed by atoms with Gasteiger partial charge in [-0.3, -0.25) is 4.90 Å². The van der Waals surface area contributed by atoms with Gasteiger partial charge in [0.05, 0.1) is 0 Å². The Labute approximate surface area is 108 Å². The summed E-state index contributed by atoms with van der Waals surface area (Å²) in [5.41, 5.74) is 0.964. The summed E-state index contributed by atoms with van der Waals surface area (Å²) in [6.07, 6.45) is 0. The molecule has 5 heteroatoms. The first-order valence-corrected chi connectivity index (χ1v) is 6.30. The maximum absolute atomic E-state index is 13.4. The normalized spacial score (nSPS) is 11.3. The predicted molar refractivity (Wildman–Crippen MR) is 72.0 cm³/mol. The Morgan fingerprint density at radius 1 is 1.28 bits per heavy atom. The quantitative estimate of drug-likeness (QED) is 0.743. The van der Waals surface area contributed by atoms with Gasteiger partial charge in [0.25, 0.3) is 0 Å². The molecule has 18 heavy (non-hydrogen) atoms. The van der Waals surface area contributed by atoms with Crippen LogP contribution < -0.4 is 5.46 Å². The Hall–Kier alpha value is -0.905. The number of hydrogen-bond acceptors (Lipinski definition) is 3. The molecule has 3 nitrogen and oxygen atoms in total. The second kappa shape index (κ2) is 6.88. The Morgan fingerprint density at radius 3 is 2.44 bits per heavy atom. The summed E-state index contributed by atoms with van der Waals surface area (Å²) in [4.78, 5) is 2.20. The fourth-order valence-electron chi connectivity index (χ4n) is 2.00. The van der Waals surface area contributed by atoms with Gasteiger partial charge in [-0.2, -0.15) is 0 Å². The lowest BCUT2D eigenvalue weighted by Gasteiger charge is -2.22. The van der Waals surface area contributed by atoms with E-state index in [1.54, 1.807) is 6.07 Å². The molecule has 0 amide bonds. The first-order valence-electron chi connectivity index (χ1n) is 6.30. The third-order valence-electron chi connectivity index (χ3n) is 2.75. The van der Waals surface area contributed by atoms with E-state index in [-0.39, 0.29) is 5.46 Å². The average Bonchev–Trinajstić information content (AvgIpc) is 2.26. The van der Waals surface area contributed by atoms with Gasteiger partial charge in [-0.15, -0.1) is 0 Å². The number of hydrogen-bond donors (Lipinski definition) is 2. The van der Waals surface area contributed by atoms with Gasteiger partial charge in [-0.25, -0.2) is 4.39 Å². The van der Waals surface area contributed by atoms with Gasteiger partial charge in [0.15, 0.2) is 0 Å². The van der Waals surface area contributed by atoms with E-state index in [0.717, 1.165) is 24.7 Å². The van der Waals surface area contributed by atoms with Crippen LogP contribution >= 0.6 is 0 Å². The lowest BCUT2D eigenvalue weighted by atomic mass is 9.79. The molecule has 1 rings (SSSR count). The molecule has 0 aromatic heterocycles. The van der Waals surface area contributed by atoms with Crippen LogP contribution in [0, 0.1) is 11.7 Å². The van der Waals surface area contributed by atoms with Crippen LogP contribution in [-0.4, -0.2) is 35.2 Å². The Bertz CT molecular complexity index is 385. The fraction of sp³-hybridized carbons (Fsp3) is 0.538. The summed E-state index contributed by atoms with van der Waals surface area (Å²) in [6.45, 7) is 8.76. The molecule has 0 bridgehead atoms. The fourth-order valence-corrected chi connectivity index (χ4v) is 2.00. The molecule has 1 aromatic carbocycles. The van der Waals surface area contributed by atoms with Crippen molar-refractivity contribution in [2.45, 2.75) is 27.3 Å². The first kappa shape index (κ1) is 15.2. The van der Waals surface area contributed by atoms with Gasteiger partial charge in [0, 0.05) is 13.1 Å². The molecule has 100 valence electrons. The van der Waals surface area contributed by atoms with Gasteiger partial charge in [-0.1, -0.05) is 26.8 Å². The second-order valence-corrected chi connectivity index (χ2v) is 4.99. The zero-order chi connectivity index (χ0) is 13.7. The van der Waals surface area contributed by atoms with Crippen LogP contribution in [-0.2, 0) is 6.54 Å². The topological polar surface area (TPSA) is 43.7 Å². The third kappa shape index (κ3) is 4.76. The van der Waals surface area contributed by atoms with Gasteiger partial charge in [0.1, 0.15) is 5.82 Å². The first-order chi connectivity index (χ1) is 8.42. The Balaban J connectivity index is 2.82. The Kier molecular flexibility index (Phi) is 5.79. The summed E-state index contributed by atoms with van der Waals surface area (Å²) in [5, 5.41) is 18.2. The standard InChI is InChI=1S/C13H21BFNO2/c1-4-16(8-10(2)3)9-11-5-12(14(17)18)7-13(15)6-11/h5-7,10,17-18H,4,8-9H2,1-3H3. The SMILES string of the molecule is CCN(Cc1cc(F)cc(B(O)O)c1)CC(C)C. The number of benzene rings is 1. The molecule has 0 spiro atoms. The highest BCUT2D eigenvalue weighted by atomic mass is 19.1. The molecule has 0 saturated heterocycles. The lowest BCUT2D eigenvalue weighted by Crippen LogP contribution is -2.32. The monoisotopic (exact) mass is 253 g/mol. The van der Waals surface area contributed by atoms with E-state index in [2.05, 4.69) is 25.7 Å². The van der Waals surface area contributed by atoms with Crippen molar-refractivity contribution in [3.63, 3.8) is 0 Å². The smallest absolute Gasteiger partial charge is 0.423 e. The van der Waals surface area contributed by atoms with Crippen molar-refractivity contribution in [1.82, 2.24) is 4.90 Å². The summed E-state index contributed by atoms with van der Waals surface area (Å²) in [5.74, 6) is 0.109. The summed E-state index contributed by atoms with van der Waals surface area (Å²) in [6, 6.07) is 4.22. The van der Waals surface area contributed by atoms with Crippen molar-refractivity contribution in [2.24, 2.45) is 5.92 Å². The lowest BCUT2D eigenvalue weighted by molar-refractivity contribution is 0.248. The van der Waals surface area contributed by atoms with E-state index in [1.165, 1.54) is 6.07 Å². The summed E-state index contributed by atoms with van der Waals surface area (Å²) < 4.78 is 13.4. The van der Waals surface area contributed by atoms with Crippen molar-refractivity contribution < 1.29 is 14.4 Å². The average molecular weight is 253 g/mol. The maximum atomic E-state index is 13.4. The molecule has 0 aliphatic heterocycles. The number of nitrogens with zero attached hydrogens (tertiary/aromatic N) is 1. The van der Waals surface area contributed by atoms with Crippen molar-refractivity contribution in [3.8, 4) is 0 Å². The molecule has 0 unspecified atom stereocenters. The molecule has 0 aliphatic carbocycles. The van der Waals surface area contributed by atoms with Crippen molar-refractivity contribution in [1.29, 1.82) is 0 Å². The van der Waals surface area contributed by atoms with Gasteiger partial charge >= 0.3 is 7.12 Å². The second-order valence-electron chi connectivity index (χ2n) is 4.99. The molecule has 0 heterocycles. The summed E-state index contributed by atoms with van der Waals surface area (Å²) >= 11 is 0. The zero-order valence-electron chi connectivity index (χ0n) is 11.2. The van der Waals surface area contributed by atoms with E-state index >= 15 is 0 Å². The van der Waals surface area contributed by atoms with Crippen LogP contribution in [0.1, 0.15) is 26.3 Å². The highest BCUT2D eigenvalue weighted by molar-refractivity contribution is 6.58. The molecule has 0 saturated carbocycles. The van der Waals surface area contributed by atoms with Crippen LogP contribution in [0.3, 0.4) is 0 Å². The zero-order valence-corrected chi connectivity index (χ0v) is 11.2. The Morgan fingerprint density at radius 2 is 1.94 bits per heavy atom. The van der Waals surface area contributed by atoms with Crippen molar-refractivity contribution >= 4 is 12.6 Å². The molecule has 1 aromatic rings. The highest BCUT2D eigenvalue weighted by Crippen LogP contribution is 2.08. The van der Waals surface area contributed by atoms with Crippen molar-refractivity contribution in [2.75, 3.05) is 13.1 Å². The number of halogens is 1. The van der Waals surface area contributed by atoms with Crippen LogP contribution in [0.2, 0.25) is 0 Å². The molecule has 2 N–H and O–H groups in total. The van der Waals surface area contributed by atoms with E-state index in [4.69, 9.17) is 10.0 Å². The van der Waals surface area contributed by atoms with Gasteiger partial charge in [0.2, 0.25) is 0 Å². The van der Waals surface area contributed by atoms with E-state index in [9.17, 15) is 4.39 Å². The van der Waals surface area contributed by atoms with Crippen LogP contribution in [0.25, 0.3) is 0 Å². The minimum absolute atomic E-state index is 0.200. The molecule has 0 aliphatic rings. The third-order valence-corrected chi connectivity index (χ3v) is 2.75. The van der Waals surface area contributed by atoms with Crippen LogP contribution in [0.15, 0.2) is 18.2 Å². The van der Waals surface area contributed by atoms with Crippen LogP contribution in [0.4, 0.5) is 4.39 Å². The van der Waals surface area contributed by atoms with E-state index in [0.29, 0.717) is 12.5 Å². The van der Waals surface area contributed by atoms with E-state index in [1.807, 2.05) is 0 Å². The molecule has 0 radical (unpaired) electrons. The van der Waals surface area contributed by atoms with Gasteiger partial charge < -0.3 is 10.0 Å². The largest absolute Gasteiger partial charge is 0.488 e.